The lowest BCUT2D eigenvalue weighted by molar-refractivity contribution is -0.140. The summed E-state index contributed by atoms with van der Waals surface area (Å²) in [5.74, 6) is 0.693. The summed E-state index contributed by atoms with van der Waals surface area (Å²) in [7, 11) is 1.41. The van der Waals surface area contributed by atoms with Crippen LogP contribution in [0.4, 0.5) is 0 Å². The van der Waals surface area contributed by atoms with Crippen molar-refractivity contribution in [2.45, 2.75) is 38.1 Å². The number of carbonyl (C=O) groups is 1. The van der Waals surface area contributed by atoms with Crippen LogP contribution in [0.25, 0.3) is 0 Å². The Kier molecular flexibility index (Phi) is 3.53. The van der Waals surface area contributed by atoms with Crippen molar-refractivity contribution in [3.05, 3.63) is 0 Å². The molecule has 1 saturated carbocycles. The Morgan fingerprint density at radius 2 is 2.33 bits per heavy atom. The van der Waals surface area contributed by atoms with Crippen molar-refractivity contribution in [2.24, 2.45) is 11.7 Å². The molecule has 1 atom stereocenters. The van der Waals surface area contributed by atoms with Crippen LogP contribution in [0.3, 0.4) is 0 Å². The Morgan fingerprint density at radius 3 is 2.83 bits per heavy atom. The highest BCUT2D eigenvalue weighted by atomic mass is 16.5. The molecule has 3 heteroatoms. The summed E-state index contributed by atoms with van der Waals surface area (Å²) in [6, 6.07) is 0.191. The zero-order chi connectivity index (χ0) is 8.97. The van der Waals surface area contributed by atoms with Crippen molar-refractivity contribution in [3.8, 4) is 0 Å². The van der Waals surface area contributed by atoms with Crippen LogP contribution in [0.15, 0.2) is 0 Å². The van der Waals surface area contributed by atoms with E-state index in [1.807, 2.05) is 0 Å². The molecule has 0 amide bonds. The second-order valence-electron chi connectivity index (χ2n) is 3.55. The molecule has 0 bridgehead atoms. The maximum atomic E-state index is 10.7. The van der Waals surface area contributed by atoms with E-state index in [0.29, 0.717) is 6.42 Å². The van der Waals surface area contributed by atoms with Gasteiger partial charge >= 0.3 is 5.97 Å². The van der Waals surface area contributed by atoms with Crippen LogP contribution in [-0.2, 0) is 9.53 Å². The van der Waals surface area contributed by atoms with Gasteiger partial charge in [0.05, 0.1) is 7.11 Å². The van der Waals surface area contributed by atoms with Crippen molar-refractivity contribution in [1.82, 2.24) is 0 Å². The van der Waals surface area contributed by atoms with Gasteiger partial charge in [-0.15, -0.1) is 0 Å². The van der Waals surface area contributed by atoms with Gasteiger partial charge in [-0.05, 0) is 18.8 Å². The molecule has 0 saturated heterocycles. The van der Waals surface area contributed by atoms with E-state index in [1.54, 1.807) is 0 Å². The molecule has 2 N–H and O–H groups in total. The lowest BCUT2D eigenvalue weighted by Gasteiger charge is -2.08. The first-order chi connectivity index (χ1) is 5.72. The normalized spacial score (nSPS) is 18.8. The highest BCUT2D eigenvalue weighted by Gasteiger charge is 2.23. The zero-order valence-corrected chi connectivity index (χ0v) is 7.58. The van der Waals surface area contributed by atoms with Gasteiger partial charge in [0.2, 0.25) is 0 Å². The van der Waals surface area contributed by atoms with E-state index < -0.39 is 0 Å². The van der Waals surface area contributed by atoms with Gasteiger partial charge in [0, 0.05) is 12.5 Å². The minimum atomic E-state index is -0.152. The molecule has 3 nitrogen and oxygen atoms in total. The largest absolute Gasteiger partial charge is 0.469 e. The summed E-state index contributed by atoms with van der Waals surface area (Å²) in [6.45, 7) is 0. The Labute approximate surface area is 73.3 Å². The molecule has 1 aliphatic rings. The van der Waals surface area contributed by atoms with E-state index >= 15 is 0 Å². The Balaban J connectivity index is 2.00. The third kappa shape index (κ3) is 3.72. The first-order valence-corrected chi connectivity index (χ1v) is 4.54. The molecular weight excluding hydrogens is 154 g/mol. The fourth-order valence-corrected chi connectivity index (χ4v) is 1.30. The summed E-state index contributed by atoms with van der Waals surface area (Å²) in [5, 5.41) is 0. The summed E-state index contributed by atoms with van der Waals surface area (Å²) in [4.78, 5) is 10.7. The van der Waals surface area contributed by atoms with Crippen molar-refractivity contribution in [1.29, 1.82) is 0 Å². The van der Waals surface area contributed by atoms with Gasteiger partial charge in [-0.1, -0.05) is 12.8 Å². The summed E-state index contributed by atoms with van der Waals surface area (Å²) >= 11 is 0. The number of nitrogens with two attached hydrogens (primary N) is 1. The van der Waals surface area contributed by atoms with Crippen molar-refractivity contribution in [2.75, 3.05) is 7.11 Å². The molecule has 1 rings (SSSR count). The smallest absolute Gasteiger partial charge is 0.305 e. The van der Waals surface area contributed by atoms with Crippen molar-refractivity contribution >= 4 is 5.97 Å². The standard InChI is InChI=1S/C9H17NO2/c1-12-9(11)5-4-8(10)6-7-2-3-7/h7-8H,2-6,10H2,1H3. The average molecular weight is 171 g/mol. The average Bonchev–Trinajstić information content (AvgIpc) is 2.84. The zero-order valence-electron chi connectivity index (χ0n) is 7.58. The summed E-state index contributed by atoms with van der Waals surface area (Å²) in [5.41, 5.74) is 5.81. The van der Waals surface area contributed by atoms with Crippen molar-refractivity contribution < 1.29 is 9.53 Å². The van der Waals surface area contributed by atoms with Gasteiger partial charge in [0.15, 0.2) is 0 Å². The van der Waals surface area contributed by atoms with E-state index in [2.05, 4.69) is 4.74 Å². The summed E-state index contributed by atoms with van der Waals surface area (Å²) < 4.78 is 4.53. The van der Waals surface area contributed by atoms with Crippen LogP contribution in [0, 0.1) is 5.92 Å². The fraction of sp³-hybridized carbons (Fsp3) is 0.889. The van der Waals surface area contributed by atoms with Crippen LogP contribution < -0.4 is 5.73 Å². The molecule has 1 aliphatic carbocycles. The predicted octanol–water partition coefficient (Wildman–Crippen LogP) is 1.07. The van der Waals surface area contributed by atoms with Gasteiger partial charge in [0.1, 0.15) is 0 Å². The minimum Gasteiger partial charge on any atom is -0.469 e. The van der Waals surface area contributed by atoms with Gasteiger partial charge in [0.25, 0.3) is 0 Å². The molecule has 70 valence electrons. The predicted molar refractivity (Wildman–Crippen MR) is 46.6 cm³/mol. The molecule has 1 fully saturated rings. The van der Waals surface area contributed by atoms with Crippen LogP contribution in [0.5, 0.6) is 0 Å². The number of ether oxygens (including phenoxy) is 1. The Hall–Kier alpha value is -0.570. The van der Waals surface area contributed by atoms with E-state index in [0.717, 1.165) is 18.8 Å². The highest BCUT2D eigenvalue weighted by Crippen LogP contribution is 2.33. The number of methoxy groups -OCH3 is 1. The van der Waals surface area contributed by atoms with Gasteiger partial charge in [-0.2, -0.15) is 0 Å². The number of hydrogen-bond donors (Lipinski definition) is 1. The Morgan fingerprint density at radius 1 is 1.67 bits per heavy atom. The van der Waals surface area contributed by atoms with Crippen LogP contribution >= 0.6 is 0 Å². The quantitative estimate of drug-likeness (QED) is 0.629. The van der Waals surface area contributed by atoms with E-state index in [9.17, 15) is 4.79 Å². The molecule has 1 unspecified atom stereocenters. The second kappa shape index (κ2) is 4.45. The van der Waals surface area contributed by atoms with E-state index in [-0.39, 0.29) is 12.0 Å². The molecule has 0 heterocycles. The monoisotopic (exact) mass is 171 g/mol. The van der Waals surface area contributed by atoms with Crippen LogP contribution in [0.1, 0.15) is 32.1 Å². The maximum absolute atomic E-state index is 10.7. The third-order valence-corrected chi connectivity index (χ3v) is 2.28. The van der Waals surface area contributed by atoms with Crippen LogP contribution in [-0.4, -0.2) is 19.1 Å². The first-order valence-electron chi connectivity index (χ1n) is 4.54. The molecule has 0 aromatic rings. The number of esters is 1. The lowest BCUT2D eigenvalue weighted by Crippen LogP contribution is -2.21. The van der Waals surface area contributed by atoms with Gasteiger partial charge in [-0.25, -0.2) is 0 Å². The highest BCUT2D eigenvalue weighted by molar-refractivity contribution is 5.69. The second-order valence-corrected chi connectivity index (χ2v) is 3.55. The number of carbonyl (C=O) groups excluding carboxylic acids is 1. The summed E-state index contributed by atoms with van der Waals surface area (Å²) in [6.07, 6.45) is 4.96. The molecule has 0 aromatic carbocycles. The molecule has 0 aliphatic heterocycles. The van der Waals surface area contributed by atoms with E-state index in [1.165, 1.54) is 20.0 Å². The molecule has 0 spiro atoms. The molecule has 0 radical (unpaired) electrons. The number of hydrogen-bond acceptors (Lipinski definition) is 3. The SMILES string of the molecule is COC(=O)CCC(N)CC1CC1. The lowest BCUT2D eigenvalue weighted by atomic mass is 10.1. The Bertz CT molecular complexity index is 155. The van der Waals surface area contributed by atoms with E-state index in [4.69, 9.17) is 5.73 Å². The third-order valence-electron chi connectivity index (χ3n) is 2.28. The minimum absolute atomic E-state index is 0.152. The van der Waals surface area contributed by atoms with Gasteiger partial charge in [-0.3, -0.25) is 4.79 Å². The van der Waals surface area contributed by atoms with Gasteiger partial charge < -0.3 is 10.5 Å². The maximum Gasteiger partial charge on any atom is 0.305 e. The molecule has 0 aromatic heterocycles. The van der Waals surface area contributed by atoms with Crippen molar-refractivity contribution in [3.63, 3.8) is 0 Å². The number of rotatable bonds is 5. The molecular formula is C9H17NO2. The first kappa shape index (κ1) is 9.52. The molecule has 12 heavy (non-hydrogen) atoms. The topological polar surface area (TPSA) is 52.3 Å². The fourth-order valence-electron chi connectivity index (χ4n) is 1.30. The van der Waals surface area contributed by atoms with Crippen LogP contribution in [0.2, 0.25) is 0 Å².